The highest BCUT2D eigenvalue weighted by atomic mass is 79.9. The van der Waals surface area contributed by atoms with Gasteiger partial charge in [-0.2, -0.15) is 0 Å². The van der Waals surface area contributed by atoms with Crippen molar-refractivity contribution in [2.45, 2.75) is 12.8 Å². The highest BCUT2D eigenvalue weighted by Crippen LogP contribution is 2.19. The summed E-state index contributed by atoms with van der Waals surface area (Å²) in [5, 5.41) is 0. The van der Waals surface area contributed by atoms with Crippen molar-refractivity contribution in [2.75, 3.05) is 13.0 Å². The average molecular weight is 292 g/mol. The van der Waals surface area contributed by atoms with Gasteiger partial charge in [0.1, 0.15) is 0 Å². The Bertz CT molecular complexity index is 352. The maximum Gasteiger partial charge on any atom is 0.338 e. The molecule has 0 fully saturated rings. The van der Waals surface area contributed by atoms with E-state index in [1.165, 1.54) is 7.11 Å². The average Bonchev–Trinajstić information content (AvgIpc) is 2.26. The summed E-state index contributed by atoms with van der Waals surface area (Å²) in [6, 6.07) is 5.61. The van der Waals surface area contributed by atoms with Crippen LogP contribution in [0.2, 0.25) is 0 Å². The fourth-order valence-corrected chi connectivity index (χ4v) is 1.82. The van der Waals surface area contributed by atoms with Crippen molar-refractivity contribution in [3.05, 3.63) is 33.8 Å². The van der Waals surface area contributed by atoms with Crippen LogP contribution in [-0.4, -0.2) is 19.0 Å². The van der Waals surface area contributed by atoms with Crippen LogP contribution in [0, 0.1) is 0 Å². The van der Waals surface area contributed by atoms with Crippen LogP contribution >= 0.6 is 27.5 Å². The Hall–Kier alpha value is -0.540. The van der Waals surface area contributed by atoms with Crippen molar-refractivity contribution < 1.29 is 9.53 Å². The summed E-state index contributed by atoms with van der Waals surface area (Å²) >= 11 is 8.95. The molecule has 0 radical (unpaired) electrons. The van der Waals surface area contributed by atoms with Gasteiger partial charge < -0.3 is 4.74 Å². The maximum absolute atomic E-state index is 11.5. The van der Waals surface area contributed by atoms with Crippen LogP contribution in [0.1, 0.15) is 22.3 Å². The van der Waals surface area contributed by atoms with Crippen LogP contribution < -0.4 is 0 Å². The molecule has 0 N–H and O–H groups in total. The van der Waals surface area contributed by atoms with Gasteiger partial charge >= 0.3 is 5.97 Å². The van der Waals surface area contributed by atoms with E-state index >= 15 is 0 Å². The predicted molar refractivity (Wildman–Crippen MR) is 64.5 cm³/mol. The van der Waals surface area contributed by atoms with Gasteiger partial charge in [0.05, 0.1) is 12.7 Å². The van der Waals surface area contributed by atoms with Crippen LogP contribution in [0.4, 0.5) is 0 Å². The summed E-state index contributed by atoms with van der Waals surface area (Å²) in [5.41, 5.74) is 1.59. The minimum atomic E-state index is -0.305. The summed E-state index contributed by atoms with van der Waals surface area (Å²) in [6.45, 7) is 0. The SMILES string of the molecule is COC(=O)c1cc(Br)ccc1CCCCl. The molecule has 2 nitrogen and oxygen atoms in total. The van der Waals surface area contributed by atoms with E-state index < -0.39 is 0 Å². The lowest BCUT2D eigenvalue weighted by molar-refractivity contribution is 0.0599. The van der Waals surface area contributed by atoms with Gasteiger partial charge in [0.2, 0.25) is 0 Å². The molecule has 0 aromatic heterocycles. The van der Waals surface area contributed by atoms with Gasteiger partial charge in [-0.1, -0.05) is 22.0 Å². The van der Waals surface area contributed by atoms with E-state index in [2.05, 4.69) is 15.9 Å². The number of aryl methyl sites for hydroxylation is 1. The molecule has 0 aliphatic carbocycles. The number of hydrogen-bond acceptors (Lipinski definition) is 2. The van der Waals surface area contributed by atoms with E-state index in [4.69, 9.17) is 16.3 Å². The van der Waals surface area contributed by atoms with Crippen molar-refractivity contribution >= 4 is 33.5 Å². The predicted octanol–water partition coefficient (Wildman–Crippen LogP) is 3.41. The first-order valence-corrected chi connectivity index (χ1v) is 5.94. The molecule has 0 aliphatic rings. The molecule has 0 aliphatic heterocycles. The molecule has 0 bridgehead atoms. The Kier molecular flexibility index (Phi) is 5.12. The minimum absolute atomic E-state index is 0.305. The first kappa shape index (κ1) is 12.5. The fourth-order valence-electron chi connectivity index (χ4n) is 1.32. The number of carbonyl (C=O) groups excluding carboxylic acids is 1. The van der Waals surface area contributed by atoms with E-state index in [9.17, 15) is 4.79 Å². The molecular weight excluding hydrogens is 279 g/mol. The van der Waals surface area contributed by atoms with E-state index in [1.54, 1.807) is 6.07 Å². The normalized spacial score (nSPS) is 10.1. The highest BCUT2D eigenvalue weighted by molar-refractivity contribution is 9.10. The van der Waals surface area contributed by atoms with Crippen LogP contribution in [-0.2, 0) is 11.2 Å². The third-order valence-electron chi connectivity index (χ3n) is 2.06. The molecular formula is C11H12BrClO2. The molecule has 0 unspecified atom stereocenters. The topological polar surface area (TPSA) is 26.3 Å². The molecule has 0 atom stereocenters. The van der Waals surface area contributed by atoms with Crippen molar-refractivity contribution in [3.63, 3.8) is 0 Å². The van der Waals surface area contributed by atoms with E-state index in [1.807, 2.05) is 12.1 Å². The summed E-state index contributed by atoms with van der Waals surface area (Å²) in [5.74, 6) is 0.289. The summed E-state index contributed by atoms with van der Waals surface area (Å²) in [6.07, 6.45) is 1.65. The molecule has 15 heavy (non-hydrogen) atoms. The van der Waals surface area contributed by atoms with Crippen molar-refractivity contribution in [1.29, 1.82) is 0 Å². The number of benzene rings is 1. The first-order chi connectivity index (χ1) is 7.19. The van der Waals surface area contributed by atoms with E-state index in [0.29, 0.717) is 11.4 Å². The Balaban J connectivity index is 2.97. The summed E-state index contributed by atoms with van der Waals surface area (Å²) in [4.78, 5) is 11.5. The van der Waals surface area contributed by atoms with Crippen LogP contribution in [0.3, 0.4) is 0 Å². The van der Waals surface area contributed by atoms with Gasteiger partial charge in [-0.25, -0.2) is 4.79 Å². The van der Waals surface area contributed by atoms with Gasteiger partial charge in [-0.15, -0.1) is 11.6 Å². The number of esters is 1. The molecule has 4 heteroatoms. The molecule has 1 rings (SSSR count). The van der Waals surface area contributed by atoms with Gasteiger partial charge in [-0.05, 0) is 30.5 Å². The number of methoxy groups -OCH3 is 1. The van der Waals surface area contributed by atoms with Gasteiger partial charge in [0.25, 0.3) is 0 Å². The van der Waals surface area contributed by atoms with Crippen LogP contribution in [0.25, 0.3) is 0 Å². The Morgan fingerprint density at radius 1 is 1.53 bits per heavy atom. The van der Waals surface area contributed by atoms with E-state index in [-0.39, 0.29) is 5.97 Å². The van der Waals surface area contributed by atoms with Crippen molar-refractivity contribution in [3.8, 4) is 0 Å². The van der Waals surface area contributed by atoms with Crippen LogP contribution in [0.5, 0.6) is 0 Å². The highest BCUT2D eigenvalue weighted by Gasteiger charge is 2.11. The second-order valence-electron chi connectivity index (χ2n) is 3.09. The van der Waals surface area contributed by atoms with Gasteiger partial charge in [-0.3, -0.25) is 0 Å². The lowest BCUT2D eigenvalue weighted by Crippen LogP contribution is -2.06. The zero-order chi connectivity index (χ0) is 11.3. The minimum Gasteiger partial charge on any atom is -0.465 e. The third-order valence-corrected chi connectivity index (χ3v) is 2.82. The summed E-state index contributed by atoms with van der Waals surface area (Å²) in [7, 11) is 1.38. The first-order valence-electron chi connectivity index (χ1n) is 4.61. The zero-order valence-corrected chi connectivity index (χ0v) is 10.8. The Morgan fingerprint density at radius 2 is 2.27 bits per heavy atom. The lowest BCUT2D eigenvalue weighted by atomic mass is 10.0. The van der Waals surface area contributed by atoms with Crippen molar-refractivity contribution in [2.24, 2.45) is 0 Å². The van der Waals surface area contributed by atoms with Gasteiger partial charge in [0.15, 0.2) is 0 Å². The number of halogens is 2. The Labute approximate surface area is 103 Å². The largest absolute Gasteiger partial charge is 0.465 e. The number of alkyl halides is 1. The third kappa shape index (κ3) is 3.50. The molecule has 0 amide bonds. The number of rotatable bonds is 4. The second kappa shape index (κ2) is 6.13. The monoisotopic (exact) mass is 290 g/mol. The summed E-state index contributed by atoms with van der Waals surface area (Å²) < 4.78 is 5.59. The number of hydrogen-bond donors (Lipinski definition) is 0. The van der Waals surface area contributed by atoms with Gasteiger partial charge in [0, 0.05) is 10.4 Å². The smallest absolute Gasteiger partial charge is 0.338 e. The fraction of sp³-hybridized carbons (Fsp3) is 0.364. The van der Waals surface area contributed by atoms with Crippen LogP contribution in [0.15, 0.2) is 22.7 Å². The molecule has 0 saturated heterocycles. The molecule has 0 heterocycles. The van der Waals surface area contributed by atoms with E-state index in [0.717, 1.165) is 22.9 Å². The quantitative estimate of drug-likeness (QED) is 0.628. The lowest BCUT2D eigenvalue weighted by Gasteiger charge is -2.07. The maximum atomic E-state index is 11.5. The molecule has 1 aromatic rings. The number of carbonyl (C=O) groups is 1. The molecule has 82 valence electrons. The number of ether oxygens (including phenoxy) is 1. The molecule has 1 aromatic carbocycles. The van der Waals surface area contributed by atoms with Crippen molar-refractivity contribution in [1.82, 2.24) is 0 Å². The molecule has 0 saturated carbocycles. The zero-order valence-electron chi connectivity index (χ0n) is 8.43. The molecule has 0 spiro atoms. The second-order valence-corrected chi connectivity index (χ2v) is 4.38. The Morgan fingerprint density at radius 3 is 2.87 bits per heavy atom. The standard InChI is InChI=1S/C11H12BrClO2/c1-15-11(14)10-7-9(12)5-4-8(10)3-2-6-13/h4-5,7H,2-3,6H2,1H3.